The first kappa shape index (κ1) is 17.9. The van der Waals surface area contributed by atoms with Crippen LogP contribution in [0, 0.1) is 0 Å². The second-order valence-corrected chi connectivity index (χ2v) is 7.39. The molecule has 0 aromatic heterocycles. The minimum Gasteiger partial charge on any atom is -0.379 e. The van der Waals surface area contributed by atoms with E-state index in [2.05, 4.69) is 54.4 Å². The van der Waals surface area contributed by atoms with Crippen LogP contribution in [0.15, 0.2) is 30.3 Å². The van der Waals surface area contributed by atoms with Gasteiger partial charge in [-0.3, -0.25) is 4.90 Å². The second kappa shape index (κ2) is 8.95. The molecule has 0 saturated carbocycles. The normalized spacial score (nSPS) is 30.2. The van der Waals surface area contributed by atoms with Gasteiger partial charge in [-0.05, 0) is 38.7 Å². The third-order valence-corrected chi connectivity index (χ3v) is 5.08. The number of hydrogen-bond acceptors (Lipinski definition) is 4. The molecule has 3 unspecified atom stereocenters. The highest BCUT2D eigenvalue weighted by atomic mass is 16.5. The molecule has 134 valence electrons. The largest absolute Gasteiger partial charge is 0.379 e. The first-order valence-electron chi connectivity index (χ1n) is 9.44. The Hall–Kier alpha value is -0.940. The molecule has 1 aromatic carbocycles. The summed E-state index contributed by atoms with van der Waals surface area (Å²) in [5.74, 6) is 0. The molecule has 2 aliphatic rings. The van der Waals surface area contributed by atoms with Gasteiger partial charge in [0, 0.05) is 31.7 Å². The number of benzene rings is 1. The predicted octanol–water partition coefficient (Wildman–Crippen LogP) is 2.48. The molecule has 0 aliphatic carbocycles. The minimum absolute atomic E-state index is 0.354. The van der Waals surface area contributed by atoms with Crippen molar-refractivity contribution in [3.05, 3.63) is 35.9 Å². The Labute approximate surface area is 146 Å². The van der Waals surface area contributed by atoms with Crippen LogP contribution in [0.25, 0.3) is 0 Å². The first-order valence-corrected chi connectivity index (χ1v) is 9.44. The van der Waals surface area contributed by atoms with Gasteiger partial charge in [-0.2, -0.15) is 0 Å². The van der Waals surface area contributed by atoms with Crippen molar-refractivity contribution in [1.29, 1.82) is 0 Å². The first-order chi connectivity index (χ1) is 11.7. The SMILES string of the molecule is CC1CC(NC(Cc2ccccc2)CN2CCOCC2)CC(C)O1. The van der Waals surface area contributed by atoms with Crippen molar-refractivity contribution in [3.63, 3.8) is 0 Å². The predicted molar refractivity (Wildman–Crippen MR) is 97.4 cm³/mol. The van der Waals surface area contributed by atoms with E-state index in [0.29, 0.717) is 24.3 Å². The Balaban J connectivity index is 1.61. The molecule has 3 atom stereocenters. The molecule has 24 heavy (non-hydrogen) atoms. The van der Waals surface area contributed by atoms with Crippen molar-refractivity contribution >= 4 is 0 Å². The molecule has 0 spiro atoms. The fraction of sp³-hybridized carbons (Fsp3) is 0.700. The number of hydrogen-bond donors (Lipinski definition) is 1. The van der Waals surface area contributed by atoms with Gasteiger partial charge in [0.25, 0.3) is 0 Å². The second-order valence-electron chi connectivity index (χ2n) is 7.39. The summed E-state index contributed by atoms with van der Waals surface area (Å²) in [6.07, 6.45) is 4.01. The molecule has 0 radical (unpaired) electrons. The van der Waals surface area contributed by atoms with Crippen LogP contribution in [0.1, 0.15) is 32.3 Å². The Morgan fingerprint density at radius 2 is 1.75 bits per heavy atom. The van der Waals surface area contributed by atoms with E-state index in [1.54, 1.807) is 0 Å². The van der Waals surface area contributed by atoms with E-state index in [4.69, 9.17) is 9.47 Å². The zero-order valence-electron chi connectivity index (χ0n) is 15.1. The summed E-state index contributed by atoms with van der Waals surface area (Å²) < 4.78 is 11.4. The summed E-state index contributed by atoms with van der Waals surface area (Å²) in [5, 5.41) is 3.95. The lowest BCUT2D eigenvalue weighted by atomic mass is 9.97. The summed E-state index contributed by atoms with van der Waals surface area (Å²) in [7, 11) is 0. The Morgan fingerprint density at radius 3 is 2.42 bits per heavy atom. The lowest BCUT2D eigenvalue weighted by Crippen LogP contribution is -2.52. The molecule has 1 aromatic rings. The molecule has 3 rings (SSSR count). The van der Waals surface area contributed by atoms with Crippen LogP contribution in [0.5, 0.6) is 0 Å². The number of ether oxygens (including phenoxy) is 2. The van der Waals surface area contributed by atoms with Gasteiger partial charge in [0.2, 0.25) is 0 Å². The van der Waals surface area contributed by atoms with Crippen LogP contribution in [0.2, 0.25) is 0 Å². The summed E-state index contributed by atoms with van der Waals surface area (Å²) in [5.41, 5.74) is 1.41. The number of morpholine rings is 1. The smallest absolute Gasteiger partial charge is 0.0594 e. The van der Waals surface area contributed by atoms with Gasteiger partial charge in [-0.1, -0.05) is 30.3 Å². The molecule has 2 heterocycles. The van der Waals surface area contributed by atoms with E-state index in [0.717, 1.165) is 52.1 Å². The monoisotopic (exact) mass is 332 g/mol. The molecule has 4 nitrogen and oxygen atoms in total. The van der Waals surface area contributed by atoms with Crippen LogP contribution < -0.4 is 5.32 Å². The van der Waals surface area contributed by atoms with Gasteiger partial charge in [0.05, 0.1) is 25.4 Å². The highest BCUT2D eigenvalue weighted by molar-refractivity contribution is 5.16. The van der Waals surface area contributed by atoms with Crippen molar-refractivity contribution in [2.75, 3.05) is 32.8 Å². The third kappa shape index (κ3) is 5.55. The van der Waals surface area contributed by atoms with Gasteiger partial charge in [0.1, 0.15) is 0 Å². The summed E-state index contributed by atoms with van der Waals surface area (Å²) in [6, 6.07) is 11.9. The number of nitrogens with one attached hydrogen (secondary N) is 1. The van der Waals surface area contributed by atoms with Gasteiger partial charge in [-0.25, -0.2) is 0 Å². The maximum absolute atomic E-state index is 5.90. The molecule has 2 aliphatic heterocycles. The highest BCUT2D eigenvalue weighted by Crippen LogP contribution is 2.20. The summed E-state index contributed by atoms with van der Waals surface area (Å²) >= 11 is 0. The maximum atomic E-state index is 5.90. The molecule has 0 amide bonds. The van der Waals surface area contributed by atoms with Gasteiger partial charge in [-0.15, -0.1) is 0 Å². The van der Waals surface area contributed by atoms with E-state index >= 15 is 0 Å². The molecular formula is C20H32N2O2. The van der Waals surface area contributed by atoms with Crippen molar-refractivity contribution in [2.45, 2.75) is 57.4 Å². The van der Waals surface area contributed by atoms with E-state index in [1.807, 2.05) is 0 Å². The molecule has 2 fully saturated rings. The van der Waals surface area contributed by atoms with Gasteiger partial charge in [0.15, 0.2) is 0 Å². The van der Waals surface area contributed by atoms with Crippen molar-refractivity contribution in [3.8, 4) is 0 Å². The fourth-order valence-electron chi connectivity index (χ4n) is 4.04. The molecule has 2 saturated heterocycles. The van der Waals surface area contributed by atoms with Gasteiger partial charge >= 0.3 is 0 Å². The molecule has 4 heteroatoms. The van der Waals surface area contributed by atoms with Crippen LogP contribution in [0.3, 0.4) is 0 Å². The maximum Gasteiger partial charge on any atom is 0.0594 e. The third-order valence-electron chi connectivity index (χ3n) is 5.08. The molecule has 1 N–H and O–H groups in total. The highest BCUT2D eigenvalue weighted by Gasteiger charge is 2.27. The standard InChI is InChI=1S/C20H32N2O2/c1-16-12-19(13-17(2)24-16)21-20(14-18-6-4-3-5-7-18)15-22-8-10-23-11-9-22/h3-7,16-17,19-21H,8-15H2,1-2H3. The number of nitrogens with zero attached hydrogens (tertiary/aromatic N) is 1. The Bertz CT molecular complexity index is 466. The van der Waals surface area contributed by atoms with E-state index in [9.17, 15) is 0 Å². The lowest BCUT2D eigenvalue weighted by molar-refractivity contribution is -0.0446. The van der Waals surface area contributed by atoms with Crippen LogP contribution in [-0.4, -0.2) is 62.0 Å². The van der Waals surface area contributed by atoms with Crippen LogP contribution in [-0.2, 0) is 15.9 Å². The number of rotatable bonds is 6. The fourth-order valence-corrected chi connectivity index (χ4v) is 4.04. The van der Waals surface area contributed by atoms with Crippen LogP contribution >= 0.6 is 0 Å². The van der Waals surface area contributed by atoms with Gasteiger partial charge < -0.3 is 14.8 Å². The lowest BCUT2D eigenvalue weighted by Gasteiger charge is -2.37. The van der Waals surface area contributed by atoms with Crippen molar-refractivity contribution in [2.24, 2.45) is 0 Å². The van der Waals surface area contributed by atoms with Crippen LogP contribution in [0.4, 0.5) is 0 Å². The zero-order valence-corrected chi connectivity index (χ0v) is 15.1. The van der Waals surface area contributed by atoms with Crippen molar-refractivity contribution < 1.29 is 9.47 Å². The molecule has 0 bridgehead atoms. The molecular weight excluding hydrogens is 300 g/mol. The van der Waals surface area contributed by atoms with E-state index in [-0.39, 0.29) is 0 Å². The average Bonchev–Trinajstić information content (AvgIpc) is 2.55. The van der Waals surface area contributed by atoms with Crippen molar-refractivity contribution in [1.82, 2.24) is 10.2 Å². The average molecular weight is 332 g/mol. The minimum atomic E-state index is 0.354. The quantitative estimate of drug-likeness (QED) is 0.868. The topological polar surface area (TPSA) is 33.7 Å². The zero-order chi connectivity index (χ0) is 16.8. The summed E-state index contributed by atoms with van der Waals surface area (Å²) in [4.78, 5) is 2.54. The Kier molecular flexibility index (Phi) is 6.67. The van der Waals surface area contributed by atoms with E-state index < -0.39 is 0 Å². The Morgan fingerprint density at radius 1 is 1.08 bits per heavy atom. The van der Waals surface area contributed by atoms with E-state index in [1.165, 1.54) is 5.56 Å². The summed E-state index contributed by atoms with van der Waals surface area (Å²) in [6.45, 7) is 9.31.